The van der Waals surface area contributed by atoms with Gasteiger partial charge >= 0.3 is 0 Å². The average molecular weight is 286 g/mol. The molecular weight excluding hydrogens is 268 g/mol. The molecule has 18 heavy (non-hydrogen) atoms. The van der Waals surface area contributed by atoms with Gasteiger partial charge < -0.3 is 5.32 Å². The second kappa shape index (κ2) is 4.58. The summed E-state index contributed by atoms with van der Waals surface area (Å²) in [5, 5.41) is 4.35. The van der Waals surface area contributed by atoms with Gasteiger partial charge in [-0.3, -0.25) is 0 Å². The molecule has 1 aliphatic heterocycles. The van der Waals surface area contributed by atoms with Crippen LogP contribution in [0.15, 0.2) is 0 Å². The van der Waals surface area contributed by atoms with Crippen LogP contribution in [0.25, 0.3) is 0 Å². The second-order valence-corrected chi connectivity index (χ2v) is 8.54. The number of hydrogen-bond acceptors (Lipinski definition) is 5. The van der Waals surface area contributed by atoms with Crippen molar-refractivity contribution in [2.45, 2.75) is 37.6 Å². The Hall–Kier alpha value is -0.460. The molecule has 1 saturated heterocycles. The smallest absolute Gasteiger partial charge is 0.151 e. The zero-order valence-electron chi connectivity index (χ0n) is 10.5. The number of hydrogen-bond donors (Lipinski definition) is 1. The zero-order chi connectivity index (χ0) is 12.8. The minimum atomic E-state index is -2.81. The molecule has 2 atom stereocenters. The van der Waals surface area contributed by atoms with E-state index in [9.17, 15) is 8.42 Å². The van der Waals surface area contributed by atoms with Crippen molar-refractivity contribution in [2.24, 2.45) is 0 Å². The lowest BCUT2D eigenvalue weighted by Crippen LogP contribution is -2.21. The van der Waals surface area contributed by atoms with E-state index in [-0.39, 0.29) is 5.92 Å². The minimum Gasteiger partial charge on any atom is -0.312 e. The topological polar surface area (TPSA) is 59.1 Å². The van der Waals surface area contributed by atoms with Crippen molar-refractivity contribution in [1.82, 2.24) is 10.3 Å². The molecule has 0 radical (unpaired) electrons. The van der Waals surface area contributed by atoms with E-state index < -0.39 is 9.84 Å². The Kier molecular flexibility index (Phi) is 3.20. The maximum atomic E-state index is 11.5. The molecule has 1 N–H and O–H groups in total. The predicted molar refractivity (Wildman–Crippen MR) is 72.9 cm³/mol. The first-order chi connectivity index (χ1) is 8.59. The number of fused-ring (bicyclic) bond motifs is 1. The van der Waals surface area contributed by atoms with E-state index in [2.05, 4.69) is 5.32 Å². The maximum Gasteiger partial charge on any atom is 0.151 e. The van der Waals surface area contributed by atoms with Crippen molar-refractivity contribution in [3.8, 4) is 0 Å². The molecule has 0 spiro atoms. The Morgan fingerprint density at radius 3 is 2.89 bits per heavy atom. The summed E-state index contributed by atoms with van der Waals surface area (Å²) in [7, 11) is -0.842. The molecule has 0 amide bonds. The molecule has 1 aliphatic carbocycles. The summed E-state index contributed by atoms with van der Waals surface area (Å²) in [6.07, 6.45) is 4.18. The van der Waals surface area contributed by atoms with Gasteiger partial charge in [0.15, 0.2) is 9.84 Å². The van der Waals surface area contributed by atoms with Crippen molar-refractivity contribution in [2.75, 3.05) is 18.6 Å². The predicted octanol–water partition coefficient (Wildman–Crippen LogP) is 1.64. The van der Waals surface area contributed by atoms with Gasteiger partial charge in [0, 0.05) is 10.8 Å². The zero-order valence-corrected chi connectivity index (χ0v) is 12.1. The van der Waals surface area contributed by atoms with Crippen molar-refractivity contribution in [3.63, 3.8) is 0 Å². The quantitative estimate of drug-likeness (QED) is 0.898. The van der Waals surface area contributed by atoms with E-state index >= 15 is 0 Å². The van der Waals surface area contributed by atoms with E-state index in [4.69, 9.17) is 4.98 Å². The van der Waals surface area contributed by atoms with Crippen LogP contribution in [-0.2, 0) is 16.3 Å². The van der Waals surface area contributed by atoms with Crippen LogP contribution in [0.1, 0.15) is 46.8 Å². The summed E-state index contributed by atoms with van der Waals surface area (Å²) in [6.45, 7) is 0. The van der Waals surface area contributed by atoms with Crippen molar-refractivity contribution < 1.29 is 8.42 Å². The molecule has 0 saturated carbocycles. The summed E-state index contributed by atoms with van der Waals surface area (Å²) < 4.78 is 23.1. The molecule has 1 aromatic rings. The van der Waals surface area contributed by atoms with Gasteiger partial charge in [-0.1, -0.05) is 0 Å². The molecular formula is C12H18N2O2S2. The van der Waals surface area contributed by atoms with Crippen LogP contribution in [0.4, 0.5) is 0 Å². The molecule has 1 aromatic heterocycles. The fraction of sp³-hybridized carbons (Fsp3) is 0.750. The van der Waals surface area contributed by atoms with Crippen LogP contribution in [0.5, 0.6) is 0 Å². The van der Waals surface area contributed by atoms with Crippen molar-refractivity contribution in [1.29, 1.82) is 0 Å². The van der Waals surface area contributed by atoms with Gasteiger partial charge in [0.1, 0.15) is 0 Å². The number of thiazole rings is 1. The van der Waals surface area contributed by atoms with Gasteiger partial charge in [0.2, 0.25) is 0 Å². The maximum absolute atomic E-state index is 11.5. The third-order valence-corrected chi connectivity index (χ3v) is 6.96. The number of nitrogens with zero attached hydrogens (tertiary/aromatic N) is 1. The summed E-state index contributed by atoms with van der Waals surface area (Å²) in [4.78, 5) is 6.10. The van der Waals surface area contributed by atoms with E-state index in [0.717, 1.165) is 24.3 Å². The molecule has 0 bridgehead atoms. The standard InChI is InChI=1S/C12H18N2O2S2/c1-13-9-3-2-4-10-11(9)14-12(17-10)8-5-6-18(15,16)7-8/h8-9,13H,2-7H2,1H3. The highest BCUT2D eigenvalue weighted by Crippen LogP contribution is 2.38. The van der Waals surface area contributed by atoms with Gasteiger partial charge in [-0.15, -0.1) is 11.3 Å². The third-order valence-electron chi connectivity index (χ3n) is 3.90. The molecule has 3 rings (SSSR count). The minimum absolute atomic E-state index is 0.142. The summed E-state index contributed by atoms with van der Waals surface area (Å²) >= 11 is 1.74. The fourth-order valence-corrected chi connectivity index (χ4v) is 6.04. The van der Waals surface area contributed by atoms with Crippen LogP contribution in [-0.4, -0.2) is 32.0 Å². The van der Waals surface area contributed by atoms with Crippen LogP contribution < -0.4 is 5.32 Å². The molecule has 4 nitrogen and oxygen atoms in total. The number of sulfone groups is 1. The largest absolute Gasteiger partial charge is 0.312 e. The Labute approximate surface area is 112 Å². The highest BCUT2D eigenvalue weighted by atomic mass is 32.2. The van der Waals surface area contributed by atoms with Crippen LogP contribution >= 0.6 is 11.3 Å². The highest BCUT2D eigenvalue weighted by molar-refractivity contribution is 7.91. The molecule has 2 heterocycles. The van der Waals surface area contributed by atoms with Gasteiger partial charge in [-0.25, -0.2) is 13.4 Å². The summed E-state index contributed by atoms with van der Waals surface area (Å²) in [5.74, 6) is 0.768. The van der Waals surface area contributed by atoms with Gasteiger partial charge in [-0.05, 0) is 32.7 Å². The van der Waals surface area contributed by atoms with Crippen molar-refractivity contribution in [3.05, 3.63) is 15.6 Å². The van der Waals surface area contributed by atoms with E-state index in [0.29, 0.717) is 17.5 Å². The molecule has 100 valence electrons. The number of rotatable bonds is 2. The van der Waals surface area contributed by atoms with Gasteiger partial charge in [-0.2, -0.15) is 0 Å². The fourth-order valence-electron chi connectivity index (χ4n) is 2.88. The molecule has 2 unspecified atom stereocenters. The number of aromatic nitrogens is 1. The second-order valence-electron chi connectivity index (χ2n) is 5.19. The van der Waals surface area contributed by atoms with Crippen LogP contribution in [0, 0.1) is 0 Å². The lowest BCUT2D eigenvalue weighted by molar-refractivity contribution is 0.488. The third kappa shape index (κ3) is 2.21. The Balaban J connectivity index is 1.89. The Morgan fingerprint density at radius 2 is 2.22 bits per heavy atom. The van der Waals surface area contributed by atoms with Crippen LogP contribution in [0.2, 0.25) is 0 Å². The first-order valence-corrected chi connectivity index (χ1v) is 9.10. The normalized spacial score (nSPS) is 30.3. The van der Waals surface area contributed by atoms with Gasteiger partial charge in [0.05, 0.1) is 28.2 Å². The lowest BCUT2D eigenvalue weighted by atomic mass is 9.98. The van der Waals surface area contributed by atoms with Crippen LogP contribution in [0.3, 0.4) is 0 Å². The van der Waals surface area contributed by atoms with E-state index in [1.807, 2.05) is 7.05 Å². The highest BCUT2D eigenvalue weighted by Gasteiger charge is 2.33. The SMILES string of the molecule is CNC1CCCc2sc(C3CCS(=O)(=O)C3)nc21. The Morgan fingerprint density at radius 1 is 1.39 bits per heavy atom. The van der Waals surface area contributed by atoms with Crippen molar-refractivity contribution >= 4 is 21.2 Å². The summed E-state index contributed by atoms with van der Waals surface area (Å²) in [6, 6.07) is 0.358. The molecule has 2 aliphatic rings. The van der Waals surface area contributed by atoms with E-state index in [1.165, 1.54) is 17.0 Å². The first kappa shape index (κ1) is 12.6. The molecule has 1 fully saturated rings. The molecule has 0 aromatic carbocycles. The molecule has 6 heteroatoms. The average Bonchev–Trinajstić information content (AvgIpc) is 2.91. The summed E-state index contributed by atoms with van der Waals surface area (Å²) in [5.41, 5.74) is 1.17. The number of aryl methyl sites for hydroxylation is 1. The monoisotopic (exact) mass is 286 g/mol. The van der Waals surface area contributed by atoms with E-state index in [1.54, 1.807) is 11.3 Å². The lowest BCUT2D eigenvalue weighted by Gasteiger charge is -2.19. The van der Waals surface area contributed by atoms with Gasteiger partial charge in [0.25, 0.3) is 0 Å². The first-order valence-electron chi connectivity index (χ1n) is 6.46. The number of nitrogens with one attached hydrogen (secondary N) is 1. The Bertz CT molecular complexity index is 550.